The molecule has 0 aliphatic carbocycles. The zero-order valence-corrected chi connectivity index (χ0v) is 13.9. The number of alkyl halides is 3. The molecule has 1 aliphatic heterocycles. The molecule has 24 heavy (non-hydrogen) atoms. The van der Waals surface area contributed by atoms with Gasteiger partial charge in [0.25, 0.3) is 5.79 Å². The van der Waals surface area contributed by atoms with Gasteiger partial charge in [0.15, 0.2) is 0 Å². The standard InChI is InChI=1S/C18H17F3O2S/c1-13-7-9-15(10-8-13)24-16(19)17(20,21)18(22-11-12-23-18)14-5-3-2-4-6-14/h2-10,16H,11-12H2,1H3. The number of rotatable bonds is 5. The molecule has 1 fully saturated rings. The van der Waals surface area contributed by atoms with Crippen LogP contribution >= 0.6 is 11.8 Å². The van der Waals surface area contributed by atoms with Gasteiger partial charge < -0.3 is 9.47 Å². The van der Waals surface area contributed by atoms with Crippen molar-refractivity contribution in [3.05, 3.63) is 65.7 Å². The first kappa shape index (κ1) is 17.3. The van der Waals surface area contributed by atoms with Gasteiger partial charge in [-0.05, 0) is 19.1 Å². The Morgan fingerprint density at radius 3 is 2.17 bits per heavy atom. The first-order valence-electron chi connectivity index (χ1n) is 7.54. The Labute approximate surface area is 143 Å². The summed E-state index contributed by atoms with van der Waals surface area (Å²) in [5, 5.41) is 0. The minimum Gasteiger partial charge on any atom is -0.339 e. The van der Waals surface area contributed by atoms with Gasteiger partial charge in [0, 0.05) is 10.5 Å². The number of halogens is 3. The van der Waals surface area contributed by atoms with Crippen LogP contribution in [0.2, 0.25) is 0 Å². The molecule has 2 aromatic rings. The van der Waals surface area contributed by atoms with E-state index in [1.807, 2.05) is 6.92 Å². The van der Waals surface area contributed by atoms with Gasteiger partial charge in [-0.15, -0.1) is 0 Å². The molecule has 6 heteroatoms. The molecule has 3 rings (SSSR count). The first-order valence-corrected chi connectivity index (χ1v) is 8.42. The average Bonchev–Trinajstić information content (AvgIpc) is 3.09. The van der Waals surface area contributed by atoms with Crippen molar-refractivity contribution in [3.8, 4) is 0 Å². The minimum atomic E-state index is -3.86. The maximum Gasteiger partial charge on any atom is 0.345 e. The summed E-state index contributed by atoms with van der Waals surface area (Å²) < 4.78 is 55.1. The van der Waals surface area contributed by atoms with Crippen LogP contribution in [0.25, 0.3) is 0 Å². The summed E-state index contributed by atoms with van der Waals surface area (Å²) >= 11 is 0.463. The molecule has 1 saturated heterocycles. The molecular weight excluding hydrogens is 337 g/mol. The summed E-state index contributed by atoms with van der Waals surface area (Å²) in [4.78, 5) is 0.425. The molecule has 0 radical (unpaired) electrons. The van der Waals surface area contributed by atoms with Crippen molar-refractivity contribution in [2.45, 2.75) is 29.0 Å². The van der Waals surface area contributed by atoms with E-state index in [1.165, 1.54) is 12.1 Å². The third-order valence-electron chi connectivity index (χ3n) is 3.83. The fourth-order valence-corrected chi connectivity index (χ4v) is 3.42. The molecule has 0 N–H and O–H groups in total. The number of aryl methyl sites for hydroxylation is 1. The van der Waals surface area contributed by atoms with E-state index < -0.39 is 17.2 Å². The molecule has 2 nitrogen and oxygen atoms in total. The van der Waals surface area contributed by atoms with Gasteiger partial charge in [0.05, 0.1) is 13.2 Å². The monoisotopic (exact) mass is 354 g/mol. The quantitative estimate of drug-likeness (QED) is 0.710. The first-order chi connectivity index (χ1) is 11.5. The molecule has 0 spiro atoms. The lowest BCUT2D eigenvalue weighted by Crippen LogP contribution is -2.51. The van der Waals surface area contributed by atoms with E-state index >= 15 is 0 Å². The highest BCUT2D eigenvalue weighted by molar-refractivity contribution is 7.99. The third kappa shape index (κ3) is 3.06. The van der Waals surface area contributed by atoms with Crippen LogP contribution in [0, 0.1) is 6.92 Å². The smallest absolute Gasteiger partial charge is 0.339 e. The molecule has 0 saturated carbocycles. The van der Waals surface area contributed by atoms with E-state index in [4.69, 9.17) is 9.47 Å². The molecule has 1 aliphatic rings. The van der Waals surface area contributed by atoms with Gasteiger partial charge in [-0.1, -0.05) is 59.8 Å². The lowest BCUT2D eigenvalue weighted by Gasteiger charge is -2.36. The van der Waals surface area contributed by atoms with E-state index in [-0.39, 0.29) is 18.8 Å². The lowest BCUT2D eigenvalue weighted by atomic mass is 9.99. The SMILES string of the molecule is Cc1ccc(SC(F)C(F)(F)C2(c3ccccc3)OCCO2)cc1. The van der Waals surface area contributed by atoms with Crippen molar-refractivity contribution >= 4 is 11.8 Å². The van der Waals surface area contributed by atoms with Crippen LogP contribution in [-0.2, 0) is 15.3 Å². The normalized spacial score (nSPS) is 18.5. The van der Waals surface area contributed by atoms with E-state index in [9.17, 15) is 13.2 Å². The van der Waals surface area contributed by atoms with Gasteiger partial charge >= 0.3 is 5.92 Å². The van der Waals surface area contributed by atoms with Crippen molar-refractivity contribution in [1.82, 2.24) is 0 Å². The van der Waals surface area contributed by atoms with E-state index in [1.54, 1.807) is 42.5 Å². The third-order valence-corrected chi connectivity index (χ3v) is 4.88. The summed E-state index contributed by atoms with van der Waals surface area (Å²) in [5.74, 6) is -6.26. The van der Waals surface area contributed by atoms with Crippen LogP contribution in [0.3, 0.4) is 0 Å². The largest absolute Gasteiger partial charge is 0.345 e. The van der Waals surface area contributed by atoms with Crippen LogP contribution in [0.5, 0.6) is 0 Å². The summed E-state index contributed by atoms with van der Waals surface area (Å²) in [7, 11) is 0. The number of benzene rings is 2. The molecule has 0 amide bonds. The second-order valence-corrected chi connectivity index (χ2v) is 6.67. The second kappa shape index (κ2) is 6.78. The van der Waals surface area contributed by atoms with Crippen molar-refractivity contribution in [2.24, 2.45) is 0 Å². The van der Waals surface area contributed by atoms with Crippen molar-refractivity contribution in [1.29, 1.82) is 0 Å². The zero-order valence-electron chi connectivity index (χ0n) is 13.0. The van der Waals surface area contributed by atoms with Gasteiger partial charge in [-0.3, -0.25) is 0 Å². The summed E-state index contributed by atoms with van der Waals surface area (Å²) in [6.45, 7) is 1.86. The minimum absolute atomic E-state index is 0.00754. The molecule has 0 bridgehead atoms. The Bertz CT molecular complexity index is 670. The Hall–Kier alpha value is -1.50. The highest BCUT2D eigenvalue weighted by Gasteiger charge is 2.65. The number of ether oxygens (including phenoxy) is 2. The van der Waals surface area contributed by atoms with Crippen LogP contribution in [-0.4, -0.2) is 24.6 Å². The van der Waals surface area contributed by atoms with Crippen LogP contribution in [0.1, 0.15) is 11.1 Å². The molecule has 0 aromatic heterocycles. The summed E-state index contributed by atoms with van der Waals surface area (Å²) in [6.07, 6.45) is 0. The molecule has 1 heterocycles. The number of hydrogen-bond donors (Lipinski definition) is 0. The van der Waals surface area contributed by atoms with Gasteiger partial charge in [0.1, 0.15) is 0 Å². The maximum absolute atomic E-state index is 15.0. The number of thioether (sulfide) groups is 1. The van der Waals surface area contributed by atoms with Crippen molar-refractivity contribution in [2.75, 3.05) is 13.2 Å². The van der Waals surface area contributed by atoms with Gasteiger partial charge in [-0.2, -0.15) is 8.78 Å². The molecule has 1 atom stereocenters. The average molecular weight is 354 g/mol. The predicted molar refractivity (Wildman–Crippen MR) is 86.9 cm³/mol. The van der Waals surface area contributed by atoms with E-state index in [0.717, 1.165) is 5.56 Å². The van der Waals surface area contributed by atoms with Crippen LogP contribution in [0.4, 0.5) is 13.2 Å². The molecular formula is C18H17F3O2S. The molecule has 2 aromatic carbocycles. The second-order valence-electron chi connectivity index (χ2n) is 5.55. The van der Waals surface area contributed by atoms with Crippen LogP contribution < -0.4 is 0 Å². The summed E-state index contributed by atoms with van der Waals surface area (Å²) in [5.41, 5.74) is -1.43. The van der Waals surface area contributed by atoms with Gasteiger partial charge in [-0.25, -0.2) is 4.39 Å². The topological polar surface area (TPSA) is 18.5 Å². The lowest BCUT2D eigenvalue weighted by molar-refractivity contribution is -0.308. The fraction of sp³-hybridized carbons (Fsp3) is 0.333. The Morgan fingerprint density at radius 1 is 1.00 bits per heavy atom. The highest BCUT2D eigenvalue weighted by atomic mass is 32.2. The molecule has 1 unspecified atom stereocenters. The predicted octanol–water partition coefficient (Wildman–Crippen LogP) is 4.92. The Kier molecular flexibility index (Phi) is 4.90. The zero-order chi connectivity index (χ0) is 17.2. The van der Waals surface area contributed by atoms with Crippen LogP contribution in [0.15, 0.2) is 59.5 Å². The van der Waals surface area contributed by atoms with E-state index in [2.05, 4.69) is 0 Å². The maximum atomic E-state index is 15.0. The number of hydrogen-bond acceptors (Lipinski definition) is 3. The highest BCUT2D eigenvalue weighted by Crippen LogP contribution is 2.51. The van der Waals surface area contributed by atoms with Crippen molar-refractivity contribution < 1.29 is 22.6 Å². The molecule has 128 valence electrons. The van der Waals surface area contributed by atoms with Crippen molar-refractivity contribution in [3.63, 3.8) is 0 Å². The Balaban J connectivity index is 1.90. The van der Waals surface area contributed by atoms with E-state index in [0.29, 0.717) is 16.7 Å². The fourth-order valence-electron chi connectivity index (χ4n) is 2.58. The summed E-state index contributed by atoms with van der Waals surface area (Å²) in [6, 6.07) is 14.5. The Morgan fingerprint density at radius 2 is 1.58 bits per heavy atom. The van der Waals surface area contributed by atoms with Gasteiger partial charge in [0.2, 0.25) is 5.50 Å².